The van der Waals surface area contributed by atoms with Crippen molar-refractivity contribution in [2.24, 2.45) is 0 Å². The molecule has 1 aromatic carbocycles. The van der Waals surface area contributed by atoms with E-state index in [1.165, 1.54) is 0 Å². The summed E-state index contributed by atoms with van der Waals surface area (Å²) in [5, 5.41) is 3.83. The second-order valence-electron chi connectivity index (χ2n) is 4.09. The summed E-state index contributed by atoms with van der Waals surface area (Å²) >= 11 is 6.01. The van der Waals surface area contributed by atoms with Gasteiger partial charge in [-0.05, 0) is 19.1 Å². The van der Waals surface area contributed by atoms with Crippen LogP contribution < -0.4 is 5.32 Å². The fraction of sp³-hybridized carbons (Fsp3) is 0.417. The zero-order valence-corrected chi connectivity index (χ0v) is 10.00. The maximum absolute atomic E-state index is 12.2. The van der Waals surface area contributed by atoms with Crippen LogP contribution in [0.25, 0.3) is 0 Å². The van der Waals surface area contributed by atoms with E-state index >= 15 is 0 Å². The number of carbonyl (C=O) groups excluding carboxylic acids is 1. The van der Waals surface area contributed by atoms with Crippen LogP contribution in [0.1, 0.15) is 17.3 Å². The lowest BCUT2D eigenvalue weighted by Crippen LogP contribution is -2.51. The van der Waals surface area contributed by atoms with Crippen LogP contribution >= 0.6 is 11.6 Å². The molecule has 0 radical (unpaired) electrons. The Morgan fingerprint density at radius 1 is 1.50 bits per heavy atom. The minimum atomic E-state index is 0.0268. The molecule has 0 spiro atoms. The van der Waals surface area contributed by atoms with Gasteiger partial charge in [0.2, 0.25) is 0 Å². The van der Waals surface area contributed by atoms with Crippen molar-refractivity contribution in [2.45, 2.75) is 13.0 Å². The zero-order chi connectivity index (χ0) is 11.5. The molecule has 0 bridgehead atoms. The molecule has 1 aromatic rings. The first-order chi connectivity index (χ1) is 7.68. The average Bonchev–Trinajstić information content (AvgIpc) is 2.29. The highest BCUT2D eigenvalue weighted by molar-refractivity contribution is 6.33. The summed E-state index contributed by atoms with van der Waals surface area (Å²) in [4.78, 5) is 14.0. The van der Waals surface area contributed by atoms with Crippen LogP contribution in [0.2, 0.25) is 5.02 Å². The number of nitrogens with one attached hydrogen (secondary N) is 1. The Balaban J connectivity index is 2.16. The van der Waals surface area contributed by atoms with Gasteiger partial charge in [-0.15, -0.1) is 0 Å². The maximum Gasteiger partial charge on any atom is 0.255 e. The van der Waals surface area contributed by atoms with Crippen LogP contribution in [0.3, 0.4) is 0 Å². The molecule has 1 unspecified atom stereocenters. The van der Waals surface area contributed by atoms with Crippen LogP contribution in [-0.4, -0.2) is 36.5 Å². The summed E-state index contributed by atoms with van der Waals surface area (Å²) in [6.45, 7) is 4.40. The summed E-state index contributed by atoms with van der Waals surface area (Å²) < 4.78 is 0. The molecule has 1 N–H and O–H groups in total. The quantitative estimate of drug-likeness (QED) is 0.809. The van der Waals surface area contributed by atoms with Gasteiger partial charge >= 0.3 is 0 Å². The monoisotopic (exact) mass is 238 g/mol. The van der Waals surface area contributed by atoms with Crippen molar-refractivity contribution in [3.05, 3.63) is 34.9 Å². The Morgan fingerprint density at radius 3 is 2.94 bits per heavy atom. The molecular formula is C12H15ClN2O. The van der Waals surface area contributed by atoms with Gasteiger partial charge in [-0.1, -0.05) is 23.7 Å². The third-order valence-electron chi connectivity index (χ3n) is 2.76. The van der Waals surface area contributed by atoms with Gasteiger partial charge in [0.1, 0.15) is 0 Å². The first-order valence-electron chi connectivity index (χ1n) is 5.45. The van der Waals surface area contributed by atoms with E-state index in [0.717, 1.165) is 19.6 Å². The lowest BCUT2D eigenvalue weighted by molar-refractivity contribution is 0.0709. The summed E-state index contributed by atoms with van der Waals surface area (Å²) in [5.41, 5.74) is 0.596. The van der Waals surface area contributed by atoms with Crippen molar-refractivity contribution in [2.75, 3.05) is 19.6 Å². The summed E-state index contributed by atoms with van der Waals surface area (Å²) in [5.74, 6) is 0.0268. The van der Waals surface area contributed by atoms with Crippen LogP contribution in [0.4, 0.5) is 0 Å². The number of amides is 1. The smallest absolute Gasteiger partial charge is 0.255 e. The number of benzene rings is 1. The fourth-order valence-electron chi connectivity index (χ4n) is 1.92. The van der Waals surface area contributed by atoms with Crippen molar-refractivity contribution < 1.29 is 4.79 Å². The highest BCUT2D eigenvalue weighted by atomic mass is 35.5. The van der Waals surface area contributed by atoms with Gasteiger partial charge in [-0.25, -0.2) is 0 Å². The predicted octanol–water partition coefficient (Wildman–Crippen LogP) is 1.77. The second-order valence-corrected chi connectivity index (χ2v) is 4.49. The van der Waals surface area contributed by atoms with Crippen LogP contribution in [0.5, 0.6) is 0 Å². The van der Waals surface area contributed by atoms with Crippen LogP contribution in [-0.2, 0) is 0 Å². The number of halogens is 1. The Bertz CT molecular complexity index is 394. The number of hydrogen-bond donors (Lipinski definition) is 1. The topological polar surface area (TPSA) is 32.3 Å². The standard InChI is InChI=1S/C12H15ClN2O/c1-9-8-15(7-6-14-9)12(16)10-4-2-3-5-11(10)13/h2-5,9,14H,6-8H2,1H3. The average molecular weight is 239 g/mol. The molecule has 1 heterocycles. The molecule has 4 heteroatoms. The first-order valence-corrected chi connectivity index (χ1v) is 5.83. The minimum absolute atomic E-state index is 0.0268. The van der Waals surface area contributed by atoms with E-state index in [2.05, 4.69) is 12.2 Å². The van der Waals surface area contributed by atoms with Crippen LogP contribution in [0.15, 0.2) is 24.3 Å². The van der Waals surface area contributed by atoms with Gasteiger partial charge in [-0.3, -0.25) is 4.79 Å². The molecular weight excluding hydrogens is 224 g/mol. The molecule has 1 aliphatic heterocycles. The van der Waals surface area contributed by atoms with Gasteiger partial charge in [-0.2, -0.15) is 0 Å². The molecule has 16 heavy (non-hydrogen) atoms. The molecule has 0 aliphatic carbocycles. The number of piperazine rings is 1. The predicted molar refractivity (Wildman–Crippen MR) is 64.8 cm³/mol. The SMILES string of the molecule is CC1CN(C(=O)c2ccccc2Cl)CCN1. The zero-order valence-electron chi connectivity index (χ0n) is 9.24. The van der Waals surface area contributed by atoms with Gasteiger partial charge in [0.15, 0.2) is 0 Å². The fourth-order valence-corrected chi connectivity index (χ4v) is 2.14. The molecule has 1 fully saturated rings. The molecule has 0 saturated carbocycles. The molecule has 3 nitrogen and oxygen atoms in total. The van der Waals surface area contributed by atoms with Crippen molar-refractivity contribution in [1.29, 1.82) is 0 Å². The largest absolute Gasteiger partial charge is 0.336 e. The van der Waals surface area contributed by atoms with Crippen molar-refractivity contribution in [1.82, 2.24) is 10.2 Å². The van der Waals surface area contributed by atoms with Crippen molar-refractivity contribution >= 4 is 17.5 Å². The van der Waals surface area contributed by atoms with Gasteiger partial charge in [0.05, 0.1) is 10.6 Å². The van der Waals surface area contributed by atoms with Gasteiger partial charge in [0, 0.05) is 25.7 Å². The Hall–Kier alpha value is -1.06. The molecule has 2 rings (SSSR count). The molecule has 1 saturated heterocycles. The molecule has 1 amide bonds. The Labute approximate surface area is 100 Å². The lowest BCUT2D eigenvalue weighted by atomic mass is 10.1. The van der Waals surface area contributed by atoms with Crippen molar-refractivity contribution in [3.8, 4) is 0 Å². The van der Waals surface area contributed by atoms with E-state index in [1.807, 2.05) is 17.0 Å². The van der Waals surface area contributed by atoms with E-state index in [1.54, 1.807) is 12.1 Å². The van der Waals surface area contributed by atoms with Crippen molar-refractivity contribution in [3.63, 3.8) is 0 Å². The molecule has 1 aliphatic rings. The Morgan fingerprint density at radius 2 is 2.25 bits per heavy atom. The van der Waals surface area contributed by atoms with E-state index in [9.17, 15) is 4.79 Å². The summed E-state index contributed by atoms with van der Waals surface area (Å²) in [6, 6.07) is 7.54. The van der Waals surface area contributed by atoms with E-state index in [-0.39, 0.29) is 5.91 Å². The third-order valence-corrected chi connectivity index (χ3v) is 3.09. The third kappa shape index (κ3) is 2.36. The number of nitrogens with zero attached hydrogens (tertiary/aromatic N) is 1. The Kier molecular flexibility index (Phi) is 3.46. The van der Waals surface area contributed by atoms with E-state index < -0.39 is 0 Å². The molecule has 1 atom stereocenters. The van der Waals surface area contributed by atoms with E-state index in [0.29, 0.717) is 16.6 Å². The lowest BCUT2D eigenvalue weighted by Gasteiger charge is -2.32. The number of rotatable bonds is 1. The summed E-state index contributed by atoms with van der Waals surface area (Å²) in [6.07, 6.45) is 0. The van der Waals surface area contributed by atoms with Crippen LogP contribution in [0, 0.1) is 0 Å². The number of carbonyl (C=O) groups is 1. The highest BCUT2D eigenvalue weighted by Gasteiger charge is 2.22. The summed E-state index contributed by atoms with van der Waals surface area (Å²) in [7, 11) is 0. The maximum atomic E-state index is 12.2. The van der Waals surface area contributed by atoms with E-state index in [4.69, 9.17) is 11.6 Å². The van der Waals surface area contributed by atoms with Gasteiger partial charge < -0.3 is 10.2 Å². The molecule has 0 aromatic heterocycles. The highest BCUT2D eigenvalue weighted by Crippen LogP contribution is 2.17. The second kappa shape index (κ2) is 4.85. The number of hydrogen-bond acceptors (Lipinski definition) is 2. The minimum Gasteiger partial charge on any atom is -0.336 e. The first kappa shape index (κ1) is 11.4. The normalized spacial score (nSPS) is 20.9. The van der Waals surface area contributed by atoms with Gasteiger partial charge in [0.25, 0.3) is 5.91 Å². The molecule has 86 valence electrons.